The van der Waals surface area contributed by atoms with Crippen LogP contribution in [0.15, 0.2) is 40.2 Å². The lowest BCUT2D eigenvalue weighted by molar-refractivity contribution is 0.624. The lowest BCUT2D eigenvalue weighted by Gasteiger charge is -2.23. The number of aryl methyl sites for hydroxylation is 1. The average molecular weight is 341 g/mol. The molecule has 0 saturated heterocycles. The maximum absolute atomic E-state index is 6.29. The van der Waals surface area contributed by atoms with Gasteiger partial charge in [-0.2, -0.15) is 5.10 Å². The fourth-order valence-electron chi connectivity index (χ4n) is 1.81. The lowest BCUT2D eigenvalue weighted by atomic mass is 10.0. The summed E-state index contributed by atoms with van der Waals surface area (Å²) >= 11 is 5.26. The number of aromatic nitrogens is 3. The minimum atomic E-state index is 0.0698. The summed E-state index contributed by atoms with van der Waals surface area (Å²) in [4.78, 5) is 4.27. The Labute approximate surface area is 125 Å². The van der Waals surface area contributed by atoms with Crippen molar-refractivity contribution in [1.29, 1.82) is 0 Å². The summed E-state index contributed by atoms with van der Waals surface area (Å²) < 4.78 is 2.86. The Morgan fingerprint density at radius 2 is 2.16 bits per heavy atom. The molecule has 4 nitrogen and oxygen atoms in total. The molecule has 1 heterocycles. The van der Waals surface area contributed by atoms with Crippen LogP contribution in [0, 0.1) is 0 Å². The molecule has 102 valence electrons. The zero-order valence-electron chi connectivity index (χ0n) is 11.0. The second-order valence-electron chi connectivity index (χ2n) is 4.30. The van der Waals surface area contributed by atoms with Gasteiger partial charge in [0, 0.05) is 17.6 Å². The standard InChI is InChI=1S/C13H17BrN4S/c1-3-11(15)12(9-6-4-5-7-10(9)14)19-13-16-8-17-18(13)2/h4-8,11-12H,3,15H2,1-2H3. The highest BCUT2D eigenvalue weighted by atomic mass is 79.9. The molecule has 6 heteroatoms. The molecule has 0 radical (unpaired) electrons. The van der Waals surface area contributed by atoms with E-state index in [0.717, 1.165) is 16.0 Å². The van der Waals surface area contributed by atoms with E-state index < -0.39 is 0 Å². The van der Waals surface area contributed by atoms with Crippen LogP contribution in [0.4, 0.5) is 0 Å². The number of benzene rings is 1. The molecular formula is C13H17BrN4S. The van der Waals surface area contributed by atoms with Crippen LogP contribution in [-0.2, 0) is 7.05 Å². The molecule has 0 aliphatic carbocycles. The normalized spacial score (nSPS) is 14.3. The van der Waals surface area contributed by atoms with E-state index in [4.69, 9.17) is 5.73 Å². The SMILES string of the molecule is CCC(N)C(Sc1ncnn1C)c1ccccc1Br. The highest BCUT2D eigenvalue weighted by Crippen LogP contribution is 2.39. The van der Waals surface area contributed by atoms with Gasteiger partial charge in [-0.25, -0.2) is 9.67 Å². The van der Waals surface area contributed by atoms with E-state index in [1.54, 1.807) is 22.8 Å². The van der Waals surface area contributed by atoms with Gasteiger partial charge in [0.15, 0.2) is 5.16 Å². The van der Waals surface area contributed by atoms with Crippen molar-refractivity contribution < 1.29 is 0 Å². The number of halogens is 1. The molecule has 1 aromatic carbocycles. The van der Waals surface area contributed by atoms with Crippen LogP contribution >= 0.6 is 27.7 Å². The minimum absolute atomic E-state index is 0.0698. The molecule has 2 N–H and O–H groups in total. The molecule has 2 unspecified atom stereocenters. The Kier molecular flexibility index (Phi) is 5.01. The fraction of sp³-hybridized carbons (Fsp3) is 0.385. The van der Waals surface area contributed by atoms with Crippen LogP contribution in [0.25, 0.3) is 0 Å². The molecule has 0 aliphatic heterocycles. The van der Waals surface area contributed by atoms with Gasteiger partial charge in [0.25, 0.3) is 0 Å². The van der Waals surface area contributed by atoms with E-state index in [-0.39, 0.29) is 11.3 Å². The fourth-order valence-corrected chi connectivity index (χ4v) is 3.72. The molecule has 2 aromatic rings. The summed E-state index contributed by atoms with van der Waals surface area (Å²) in [5.41, 5.74) is 7.48. The van der Waals surface area contributed by atoms with Crippen LogP contribution in [0.3, 0.4) is 0 Å². The number of rotatable bonds is 5. The molecule has 0 spiro atoms. The summed E-state index contributed by atoms with van der Waals surface area (Å²) in [5, 5.41) is 5.14. The predicted molar refractivity (Wildman–Crippen MR) is 82.0 cm³/mol. The van der Waals surface area contributed by atoms with E-state index in [2.05, 4.69) is 39.0 Å². The van der Waals surface area contributed by atoms with Crippen molar-refractivity contribution in [2.45, 2.75) is 29.8 Å². The highest BCUT2D eigenvalue weighted by molar-refractivity contribution is 9.10. The Morgan fingerprint density at radius 3 is 2.74 bits per heavy atom. The maximum atomic E-state index is 6.29. The van der Waals surface area contributed by atoms with Gasteiger partial charge in [-0.05, 0) is 18.1 Å². The van der Waals surface area contributed by atoms with Crippen molar-refractivity contribution in [2.75, 3.05) is 0 Å². The van der Waals surface area contributed by atoms with Gasteiger partial charge in [-0.3, -0.25) is 0 Å². The third-order valence-corrected chi connectivity index (χ3v) is 5.13. The Bertz CT molecular complexity index is 543. The zero-order chi connectivity index (χ0) is 13.8. The molecule has 19 heavy (non-hydrogen) atoms. The Morgan fingerprint density at radius 1 is 1.42 bits per heavy atom. The van der Waals surface area contributed by atoms with Crippen LogP contribution in [0.5, 0.6) is 0 Å². The first kappa shape index (κ1) is 14.6. The van der Waals surface area contributed by atoms with Crippen LogP contribution in [0.1, 0.15) is 24.2 Å². The number of hydrogen-bond acceptors (Lipinski definition) is 4. The van der Waals surface area contributed by atoms with Crippen molar-refractivity contribution in [3.05, 3.63) is 40.6 Å². The van der Waals surface area contributed by atoms with Gasteiger partial charge in [0.2, 0.25) is 0 Å². The van der Waals surface area contributed by atoms with E-state index >= 15 is 0 Å². The smallest absolute Gasteiger partial charge is 0.186 e. The highest BCUT2D eigenvalue weighted by Gasteiger charge is 2.23. The molecule has 2 atom stereocenters. The quantitative estimate of drug-likeness (QED) is 0.849. The molecule has 0 saturated carbocycles. The molecule has 0 amide bonds. The Balaban J connectivity index is 2.32. The van der Waals surface area contributed by atoms with Gasteiger partial charge < -0.3 is 5.73 Å². The zero-order valence-corrected chi connectivity index (χ0v) is 13.4. The minimum Gasteiger partial charge on any atom is -0.326 e. The lowest BCUT2D eigenvalue weighted by Crippen LogP contribution is -2.26. The third kappa shape index (κ3) is 3.38. The largest absolute Gasteiger partial charge is 0.326 e. The van der Waals surface area contributed by atoms with Gasteiger partial charge in [0.1, 0.15) is 6.33 Å². The molecule has 0 aliphatic rings. The van der Waals surface area contributed by atoms with E-state index in [9.17, 15) is 0 Å². The predicted octanol–water partition coefficient (Wildman–Crippen LogP) is 3.15. The Hall–Kier alpha value is -0.850. The number of nitrogens with two attached hydrogens (primary N) is 1. The summed E-state index contributed by atoms with van der Waals surface area (Å²) in [5.74, 6) is 0. The van der Waals surface area contributed by atoms with E-state index in [0.29, 0.717) is 0 Å². The van der Waals surface area contributed by atoms with Crippen molar-refractivity contribution in [1.82, 2.24) is 14.8 Å². The third-order valence-electron chi connectivity index (χ3n) is 2.97. The molecule has 0 fully saturated rings. The van der Waals surface area contributed by atoms with Crippen LogP contribution in [-0.4, -0.2) is 20.8 Å². The van der Waals surface area contributed by atoms with Crippen LogP contribution in [0.2, 0.25) is 0 Å². The summed E-state index contributed by atoms with van der Waals surface area (Å²) in [7, 11) is 1.89. The first-order valence-corrected chi connectivity index (χ1v) is 7.81. The van der Waals surface area contributed by atoms with Crippen LogP contribution < -0.4 is 5.73 Å². The average Bonchev–Trinajstić information content (AvgIpc) is 2.81. The molecule has 0 bridgehead atoms. The summed E-state index contributed by atoms with van der Waals surface area (Å²) in [6, 6.07) is 8.26. The van der Waals surface area contributed by atoms with Gasteiger partial charge in [-0.15, -0.1) is 0 Å². The maximum Gasteiger partial charge on any atom is 0.186 e. The number of hydrogen-bond donors (Lipinski definition) is 1. The molecule has 2 rings (SSSR count). The molecule has 1 aromatic heterocycles. The van der Waals surface area contributed by atoms with Gasteiger partial charge in [-0.1, -0.05) is 52.8 Å². The summed E-state index contributed by atoms with van der Waals surface area (Å²) in [6.07, 6.45) is 2.48. The number of thioether (sulfide) groups is 1. The van der Waals surface area contributed by atoms with Crippen molar-refractivity contribution >= 4 is 27.7 Å². The van der Waals surface area contributed by atoms with E-state index in [1.165, 1.54) is 5.56 Å². The van der Waals surface area contributed by atoms with Crippen molar-refractivity contribution in [2.24, 2.45) is 12.8 Å². The van der Waals surface area contributed by atoms with Gasteiger partial charge in [0.05, 0.1) is 5.25 Å². The monoisotopic (exact) mass is 340 g/mol. The second-order valence-corrected chi connectivity index (χ2v) is 6.26. The number of nitrogens with zero attached hydrogens (tertiary/aromatic N) is 3. The van der Waals surface area contributed by atoms with Crippen molar-refractivity contribution in [3.8, 4) is 0 Å². The molecular weight excluding hydrogens is 324 g/mol. The van der Waals surface area contributed by atoms with E-state index in [1.807, 2.05) is 25.2 Å². The van der Waals surface area contributed by atoms with Gasteiger partial charge >= 0.3 is 0 Å². The first-order chi connectivity index (χ1) is 9.13. The van der Waals surface area contributed by atoms with Crippen molar-refractivity contribution in [3.63, 3.8) is 0 Å². The first-order valence-electron chi connectivity index (χ1n) is 6.14. The summed E-state index contributed by atoms with van der Waals surface area (Å²) in [6.45, 7) is 2.10. The second kappa shape index (κ2) is 6.54. The topological polar surface area (TPSA) is 56.7 Å².